The molecule has 7 N–H and O–H groups in total. The van der Waals surface area contributed by atoms with Crippen molar-refractivity contribution < 1.29 is 54.8 Å². The summed E-state index contributed by atoms with van der Waals surface area (Å²) in [6.45, 7) is -0.790. The number of hydrogen-bond donors (Lipinski definition) is 7. The molecule has 1 saturated heterocycles. The van der Waals surface area contributed by atoms with Crippen molar-refractivity contribution in [3.8, 4) is 23.0 Å². The van der Waals surface area contributed by atoms with Crippen LogP contribution in [-0.4, -0.2) is 72.7 Å². The van der Waals surface area contributed by atoms with E-state index in [2.05, 4.69) is 0 Å². The van der Waals surface area contributed by atoms with Crippen LogP contribution in [0.15, 0.2) is 54.6 Å². The maximum atomic E-state index is 13.5. The minimum Gasteiger partial charge on any atom is -0.508 e. The van der Waals surface area contributed by atoms with Crippen LogP contribution in [0.4, 0.5) is 0 Å². The Bertz CT molecular complexity index is 1380. The van der Waals surface area contributed by atoms with E-state index in [1.54, 1.807) is 6.07 Å². The Hall–Kier alpha value is -3.71. The highest BCUT2D eigenvalue weighted by atomic mass is 16.7. The van der Waals surface area contributed by atoms with E-state index in [1.165, 1.54) is 48.5 Å². The lowest BCUT2D eigenvalue weighted by molar-refractivity contribution is -0.357. The van der Waals surface area contributed by atoms with Gasteiger partial charge in [0, 0.05) is 34.4 Å². The first-order chi connectivity index (χ1) is 17.6. The summed E-state index contributed by atoms with van der Waals surface area (Å²) >= 11 is 0. The molecule has 3 aromatic rings. The highest BCUT2D eigenvalue weighted by molar-refractivity contribution is 5.99. The molecule has 37 heavy (non-hydrogen) atoms. The average molecular weight is 510 g/mol. The summed E-state index contributed by atoms with van der Waals surface area (Å²) in [7, 11) is 0. The molecule has 3 aromatic carbocycles. The van der Waals surface area contributed by atoms with E-state index in [4.69, 9.17) is 14.2 Å². The zero-order valence-electron chi connectivity index (χ0n) is 19.0. The number of aliphatic hydroxyl groups excluding tert-OH is 4. The number of aliphatic hydroxyl groups is 5. The Morgan fingerprint density at radius 1 is 0.811 bits per heavy atom. The number of phenols is 2. The summed E-state index contributed by atoms with van der Waals surface area (Å²) in [5.41, 5.74) is -1.16. The van der Waals surface area contributed by atoms with Gasteiger partial charge in [-0.3, -0.25) is 0 Å². The molecule has 0 aromatic heterocycles. The van der Waals surface area contributed by atoms with Crippen LogP contribution in [-0.2, 0) is 20.9 Å². The normalized spacial score (nSPS) is 29.2. The Morgan fingerprint density at radius 3 is 2.00 bits per heavy atom. The third kappa shape index (κ3) is 3.07. The first kappa shape index (κ1) is 23.7. The zero-order valence-corrected chi connectivity index (χ0v) is 19.0. The molecule has 11 heteroatoms. The van der Waals surface area contributed by atoms with Gasteiger partial charge in [0.2, 0.25) is 5.79 Å². The molecule has 0 radical (unpaired) electrons. The number of phenolic OH excluding ortho intramolecular Hbond substituents is 2. The predicted octanol–water partition coefficient (Wildman–Crippen LogP) is 0.285. The third-order valence-electron chi connectivity index (χ3n) is 7.15. The van der Waals surface area contributed by atoms with Crippen molar-refractivity contribution in [1.29, 1.82) is 0 Å². The van der Waals surface area contributed by atoms with Crippen molar-refractivity contribution in [2.45, 2.75) is 35.8 Å². The molecule has 11 nitrogen and oxygen atoms in total. The SMILES string of the molecule is O=C1OC2(c3ccc(O)cc3Oc3cc(O)ccc32)c2cccc(C3(O)O[C@H](CO)[C@H](O)[C@H](O)[C@H]3O)c21. The van der Waals surface area contributed by atoms with E-state index in [1.807, 2.05) is 0 Å². The number of esters is 1. The van der Waals surface area contributed by atoms with Crippen LogP contribution in [0.25, 0.3) is 0 Å². The summed E-state index contributed by atoms with van der Waals surface area (Å²) < 4.78 is 17.4. The Balaban J connectivity index is 1.62. The van der Waals surface area contributed by atoms with E-state index in [-0.39, 0.29) is 39.7 Å². The Kier molecular flexibility index (Phi) is 5.05. The van der Waals surface area contributed by atoms with Gasteiger partial charge in [-0.2, -0.15) is 0 Å². The van der Waals surface area contributed by atoms with Gasteiger partial charge in [0.15, 0.2) is 5.60 Å². The fourth-order valence-electron chi connectivity index (χ4n) is 5.42. The highest BCUT2D eigenvalue weighted by Gasteiger charge is 2.59. The number of aromatic hydroxyl groups is 2. The second kappa shape index (κ2) is 7.89. The van der Waals surface area contributed by atoms with Crippen LogP contribution >= 0.6 is 0 Å². The van der Waals surface area contributed by atoms with Crippen molar-refractivity contribution in [2.24, 2.45) is 0 Å². The smallest absolute Gasteiger partial charge is 0.340 e. The van der Waals surface area contributed by atoms with E-state index >= 15 is 0 Å². The lowest BCUT2D eigenvalue weighted by atomic mass is 9.76. The fraction of sp³-hybridized carbons (Fsp3) is 0.269. The van der Waals surface area contributed by atoms with Gasteiger partial charge in [0.1, 0.15) is 47.4 Å². The lowest BCUT2D eigenvalue weighted by Crippen LogP contribution is -2.63. The van der Waals surface area contributed by atoms with Gasteiger partial charge in [-0.05, 0) is 24.3 Å². The van der Waals surface area contributed by atoms with Crippen LogP contribution in [0, 0.1) is 0 Å². The second-order valence-corrected chi connectivity index (χ2v) is 9.22. The monoisotopic (exact) mass is 510 g/mol. The molecular weight excluding hydrogens is 488 g/mol. The van der Waals surface area contributed by atoms with E-state index in [9.17, 15) is 40.5 Å². The molecule has 1 spiro atoms. The molecule has 0 amide bonds. The van der Waals surface area contributed by atoms with Gasteiger partial charge < -0.3 is 50.0 Å². The van der Waals surface area contributed by atoms with Gasteiger partial charge in [-0.1, -0.05) is 18.2 Å². The van der Waals surface area contributed by atoms with E-state index in [0.717, 1.165) is 0 Å². The maximum Gasteiger partial charge on any atom is 0.340 e. The zero-order chi connectivity index (χ0) is 26.3. The minimum atomic E-state index is -2.71. The van der Waals surface area contributed by atoms with Gasteiger partial charge in [-0.25, -0.2) is 4.79 Å². The number of ether oxygens (including phenoxy) is 3. The molecule has 3 aliphatic rings. The molecular formula is C26H22O11. The summed E-state index contributed by atoms with van der Waals surface area (Å²) in [5.74, 6) is -3.55. The first-order valence-corrected chi connectivity index (χ1v) is 11.4. The highest BCUT2D eigenvalue weighted by Crippen LogP contribution is 2.58. The van der Waals surface area contributed by atoms with Crippen molar-refractivity contribution in [3.05, 3.63) is 82.4 Å². The van der Waals surface area contributed by atoms with Crippen molar-refractivity contribution in [2.75, 3.05) is 6.61 Å². The Labute approximate surface area is 209 Å². The second-order valence-electron chi connectivity index (χ2n) is 9.22. The number of benzene rings is 3. The van der Waals surface area contributed by atoms with Crippen LogP contribution in [0.1, 0.15) is 32.6 Å². The van der Waals surface area contributed by atoms with Gasteiger partial charge >= 0.3 is 5.97 Å². The molecule has 1 fully saturated rings. The molecule has 1 unspecified atom stereocenters. The van der Waals surface area contributed by atoms with E-state index in [0.29, 0.717) is 11.1 Å². The van der Waals surface area contributed by atoms with Gasteiger partial charge in [-0.15, -0.1) is 0 Å². The van der Waals surface area contributed by atoms with Crippen molar-refractivity contribution >= 4 is 5.97 Å². The fourth-order valence-corrected chi connectivity index (χ4v) is 5.42. The van der Waals surface area contributed by atoms with Crippen molar-refractivity contribution in [1.82, 2.24) is 0 Å². The predicted molar refractivity (Wildman–Crippen MR) is 122 cm³/mol. The molecule has 3 heterocycles. The maximum absolute atomic E-state index is 13.5. The molecule has 6 rings (SSSR count). The van der Waals surface area contributed by atoms with Crippen LogP contribution in [0.5, 0.6) is 23.0 Å². The Morgan fingerprint density at radius 2 is 1.41 bits per heavy atom. The van der Waals surface area contributed by atoms with Gasteiger partial charge in [0.05, 0.1) is 12.2 Å². The quantitative estimate of drug-likeness (QED) is 0.235. The molecule has 192 valence electrons. The molecule has 0 saturated carbocycles. The number of carbonyl (C=O) groups excluding carboxylic acids is 1. The summed E-state index contributed by atoms with van der Waals surface area (Å²) in [6.07, 6.45) is -7.18. The first-order valence-electron chi connectivity index (χ1n) is 11.4. The van der Waals surface area contributed by atoms with Crippen molar-refractivity contribution in [3.63, 3.8) is 0 Å². The standard InChI is InChI=1S/C26H22O11/c27-10-19-21(30)22(31)23(32)26(34,36-19)16-3-1-2-15-20(16)24(33)37-25(15)13-6-4-11(28)8-17(13)35-18-9-12(29)5-7-14(18)25/h1-9,19,21-23,27-32,34H,10H2/t19-,21+,22+,23-,26?/m1/s1. The molecule has 0 aliphatic carbocycles. The third-order valence-corrected chi connectivity index (χ3v) is 7.15. The summed E-state index contributed by atoms with van der Waals surface area (Å²) in [4.78, 5) is 13.5. The topological polar surface area (TPSA) is 186 Å². The van der Waals surface area contributed by atoms with E-state index < -0.39 is 48.4 Å². The van der Waals surface area contributed by atoms with Crippen LogP contribution in [0.2, 0.25) is 0 Å². The van der Waals surface area contributed by atoms with Crippen LogP contribution < -0.4 is 4.74 Å². The summed E-state index contributed by atoms with van der Waals surface area (Å²) in [6, 6.07) is 12.8. The largest absolute Gasteiger partial charge is 0.508 e. The molecule has 0 bridgehead atoms. The number of carbonyl (C=O) groups is 1. The van der Waals surface area contributed by atoms with Crippen LogP contribution in [0.3, 0.4) is 0 Å². The number of fused-ring (bicyclic) bond motifs is 6. The number of hydrogen-bond acceptors (Lipinski definition) is 11. The average Bonchev–Trinajstić information content (AvgIpc) is 3.17. The summed E-state index contributed by atoms with van der Waals surface area (Å²) in [5, 5.41) is 72.5. The van der Waals surface area contributed by atoms with Gasteiger partial charge in [0.25, 0.3) is 0 Å². The lowest BCUT2D eigenvalue weighted by Gasteiger charge is -2.45. The molecule has 3 aliphatic heterocycles. The number of rotatable bonds is 2. The minimum absolute atomic E-state index is 0.119. The molecule has 5 atom stereocenters.